The summed E-state index contributed by atoms with van der Waals surface area (Å²) in [5, 5.41) is 0. The Balaban J connectivity index is 3.23. The lowest BCUT2D eigenvalue weighted by Gasteiger charge is -2.15. The minimum absolute atomic E-state index is 0.299. The standard InChI is InChI=1S/C17H20O5/c1-5-7-21-14-9-13(10-15(11-14)22-8-6-2)16(12(3)18)17(19)20-4/h5-6,9-11,16H,1-2,7-8H2,3-4H3. The molecular formula is C17H20O5. The molecule has 0 heterocycles. The smallest absolute Gasteiger partial charge is 0.320 e. The zero-order valence-corrected chi connectivity index (χ0v) is 12.8. The van der Waals surface area contributed by atoms with Gasteiger partial charge in [-0.1, -0.05) is 25.3 Å². The molecule has 0 spiro atoms. The van der Waals surface area contributed by atoms with Gasteiger partial charge in [-0.3, -0.25) is 9.59 Å². The summed E-state index contributed by atoms with van der Waals surface area (Å²) in [5.41, 5.74) is 0.458. The number of esters is 1. The number of hydrogen-bond donors (Lipinski definition) is 0. The second kappa shape index (κ2) is 8.67. The fraction of sp³-hybridized carbons (Fsp3) is 0.294. The maximum Gasteiger partial charge on any atom is 0.320 e. The number of Topliss-reactive ketones (excluding diaryl/α,β-unsaturated/α-hetero) is 1. The van der Waals surface area contributed by atoms with Crippen LogP contribution in [-0.2, 0) is 14.3 Å². The van der Waals surface area contributed by atoms with Gasteiger partial charge in [-0.15, -0.1) is 0 Å². The highest BCUT2D eigenvalue weighted by Crippen LogP contribution is 2.29. The molecule has 0 aromatic heterocycles. The van der Waals surface area contributed by atoms with Gasteiger partial charge in [0.25, 0.3) is 0 Å². The van der Waals surface area contributed by atoms with Crippen LogP contribution in [0.2, 0.25) is 0 Å². The van der Waals surface area contributed by atoms with Gasteiger partial charge in [0, 0.05) is 6.07 Å². The minimum atomic E-state index is -1.01. The minimum Gasteiger partial charge on any atom is -0.489 e. The van der Waals surface area contributed by atoms with Gasteiger partial charge < -0.3 is 14.2 Å². The van der Waals surface area contributed by atoms with Crippen molar-refractivity contribution in [1.82, 2.24) is 0 Å². The number of ketones is 1. The monoisotopic (exact) mass is 304 g/mol. The van der Waals surface area contributed by atoms with Crippen LogP contribution in [0.25, 0.3) is 0 Å². The van der Waals surface area contributed by atoms with E-state index in [1.165, 1.54) is 14.0 Å². The number of hydrogen-bond acceptors (Lipinski definition) is 5. The van der Waals surface area contributed by atoms with Gasteiger partial charge in [-0.25, -0.2) is 0 Å². The zero-order valence-electron chi connectivity index (χ0n) is 12.8. The van der Waals surface area contributed by atoms with Crippen LogP contribution in [-0.4, -0.2) is 32.1 Å². The molecule has 0 saturated heterocycles. The first-order chi connectivity index (χ1) is 10.5. The van der Waals surface area contributed by atoms with Gasteiger partial charge in [-0.05, 0) is 24.6 Å². The van der Waals surface area contributed by atoms with Crippen molar-refractivity contribution >= 4 is 11.8 Å². The molecule has 0 N–H and O–H groups in total. The van der Waals surface area contributed by atoms with Gasteiger partial charge in [0.1, 0.15) is 36.4 Å². The van der Waals surface area contributed by atoms with Crippen LogP contribution < -0.4 is 9.47 Å². The normalized spacial score (nSPS) is 11.2. The second-order valence-corrected chi connectivity index (χ2v) is 4.50. The van der Waals surface area contributed by atoms with Gasteiger partial charge in [-0.2, -0.15) is 0 Å². The molecule has 118 valence electrons. The van der Waals surface area contributed by atoms with E-state index in [2.05, 4.69) is 13.2 Å². The Kier molecular flexibility index (Phi) is 6.89. The molecule has 5 nitrogen and oxygen atoms in total. The Labute approximate surface area is 130 Å². The quantitative estimate of drug-likeness (QED) is 0.399. The molecule has 5 heteroatoms. The fourth-order valence-electron chi connectivity index (χ4n) is 1.89. The fourth-order valence-corrected chi connectivity index (χ4v) is 1.89. The third-order valence-electron chi connectivity index (χ3n) is 2.81. The molecule has 0 fully saturated rings. The third-order valence-corrected chi connectivity index (χ3v) is 2.81. The van der Waals surface area contributed by atoms with Crippen molar-refractivity contribution in [3.63, 3.8) is 0 Å². The summed E-state index contributed by atoms with van der Waals surface area (Å²) in [6.45, 7) is 9.09. The predicted molar refractivity (Wildman–Crippen MR) is 83.3 cm³/mol. The maximum atomic E-state index is 11.8. The summed E-state index contributed by atoms with van der Waals surface area (Å²) in [5.74, 6) is -0.993. The van der Waals surface area contributed by atoms with Crippen molar-refractivity contribution in [3.05, 3.63) is 49.1 Å². The van der Waals surface area contributed by atoms with E-state index in [1.807, 2.05) is 0 Å². The molecule has 0 aliphatic carbocycles. The summed E-state index contributed by atoms with van der Waals surface area (Å²) in [6.07, 6.45) is 3.19. The number of carbonyl (C=O) groups is 2. The Hall–Kier alpha value is -2.56. The van der Waals surface area contributed by atoms with Gasteiger partial charge >= 0.3 is 5.97 Å². The maximum absolute atomic E-state index is 11.8. The Morgan fingerprint density at radius 1 is 1.09 bits per heavy atom. The first kappa shape index (κ1) is 17.5. The summed E-state index contributed by atoms with van der Waals surface area (Å²) in [7, 11) is 1.24. The molecule has 0 aliphatic rings. The number of methoxy groups -OCH3 is 1. The average molecular weight is 304 g/mol. The van der Waals surface area contributed by atoms with Crippen LogP contribution in [0, 0.1) is 0 Å². The van der Waals surface area contributed by atoms with Crippen molar-refractivity contribution in [2.75, 3.05) is 20.3 Å². The molecule has 0 aliphatic heterocycles. The Morgan fingerprint density at radius 3 is 1.95 bits per heavy atom. The van der Waals surface area contributed by atoms with Crippen molar-refractivity contribution in [2.45, 2.75) is 12.8 Å². The SMILES string of the molecule is C=CCOc1cc(OCC=C)cc(C(C(C)=O)C(=O)OC)c1. The van der Waals surface area contributed by atoms with Crippen LogP contribution in [0.4, 0.5) is 0 Å². The number of benzene rings is 1. The summed E-state index contributed by atoms with van der Waals surface area (Å²) in [4.78, 5) is 23.6. The highest BCUT2D eigenvalue weighted by Gasteiger charge is 2.27. The number of rotatable bonds is 9. The predicted octanol–water partition coefficient (Wildman–Crippen LogP) is 2.66. The number of ether oxygens (including phenoxy) is 3. The summed E-state index contributed by atoms with van der Waals surface area (Å²) < 4.78 is 15.6. The van der Waals surface area contributed by atoms with Gasteiger partial charge in [0.05, 0.1) is 7.11 Å². The Morgan fingerprint density at radius 2 is 1.59 bits per heavy atom. The molecule has 1 rings (SSSR count). The molecule has 0 bridgehead atoms. The van der Waals surface area contributed by atoms with Crippen LogP contribution in [0.1, 0.15) is 18.4 Å². The van der Waals surface area contributed by atoms with Gasteiger partial charge in [0.2, 0.25) is 0 Å². The summed E-state index contributed by atoms with van der Waals surface area (Å²) in [6, 6.07) is 4.91. The first-order valence-electron chi connectivity index (χ1n) is 6.74. The Bertz CT molecular complexity index is 532. The molecule has 1 atom stereocenters. The highest BCUT2D eigenvalue weighted by atomic mass is 16.5. The molecular weight excluding hydrogens is 284 g/mol. The van der Waals surface area contributed by atoms with E-state index in [1.54, 1.807) is 30.4 Å². The molecule has 22 heavy (non-hydrogen) atoms. The van der Waals surface area contributed by atoms with Gasteiger partial charge in [0.15, 0.2) is 0 Å². The average Bonchev–Trinajstić information content (AvgIpc) is 2.50. The van der Waals surface area contributed by atoms with Crippen LogP contribution in [0.5, 0.6) is 11.5 Å². The molecule has 0 amide bonds. The van der Waals surface area contributed by atoms with Crippen LogP contribution in [0.3, 0.4) is 0 Å². The van der Waals surface area contributed by atoms with E-state index < -0.39 is 11.9 Å². The molecule has 1 unspecified atom stereocenters. The molecule has 1 aromatic rings. The zero-order chi connectivity index (χ0) is 16.5. The highest BCUT2D eigenvalue weighted by molar-refractivity contribution is 6.03. The lowest BCUT2D eigenvalue weighted by atomic mass is 9.95. The molecule has 0 radical (unpaired) electrons. The lowest BCUT2D eigenvalue weighted by Crippen LogP contribution is -2.21. The number of carbonyl (C=O) groups excluding carboxylic acids is 2. The molecule has 0 saturated carbocycles. The van der Waals surface area contributed by atoms with E-state index >= 15 is 0 Å². The molecule has 1 aromatic carbocycles. The van der Waals surface area contributed by atoms with E-state index in [-0.39, 0.29) is 5.78 Å². The first-order valence-corrected chi connectivity index (χ1v) is 6.74. The van der Waals surface area contributed by atoms with E-state index in [0.29, 0.717) is 30.3 Å². The third kappa shape index (κ3) is 4.77. The van der Waals surface area contributed by atoms with Crippen LogP contribution >= 0.6 is 0 Å². The summed E-state index contributed by atoms with van der Waals surface area (Å²) >= 11 is 0. The lowest BCUT2D eigenvalue weighted by molar-refractivity contribution is -0.145. The second-order valence-electron chi connectivity index (χ2n) is 4.50. The van der Waals surface area contributed by atoms with E-state index in [4.69, 9.17) is 14.2 Å². The largest absolute Gasteiger partial charge is 0.489 e. The van der Waals surface area contributed by atoms with E-state index in [0.717, 1.165) is 0 Å². The topological polar surface area (TPSA) is 61.8 Å². The van der Waals surface area contributed by atoms with E-state index in [9.17, 15) is 9.59 Å². The van der Waals surface area contributed by atoms with Crippen molar-refractivity contribution < 1.29 is 23.8 Å². The van der Waals surface area contributed by atoms with Crippen molar-refractivity contribution in [2.24, 2.45) is 0 Å². The van der Waals surface area contributed by atoms with Crippen molar-refractivity contribution in [1.29, 1.82) is 0 Å². The van der Waals surface area contributed by atoms with Crippen LogP contribution in [0.15, 0.2) is 43.5 Å². The van der Waals surface area contributed by atoms with Crippen molar-refractivity contribution in [3.8, 4) is 11.5 Å².